The van der Waals surface area contributed by atoms with Crippen LogP contribution in [-0.4, -0.2) is 48.1 Å². The molecular formula is C19H20ClF2IO5. The van der Waals surface area contributed by atoms with E-state index in [0.29, 0.717) is 11.5 Å². The summed E-state index contributed by atoms with van der Waals surface area (Å²) in [5.74, 6) is -2.45. The van der Waals surface area contributed by atoms with E-state index in [1.807, 2.05) is 0 Å². The number of aliphatic hydroxyl groups excluding tert-OH is 2. The van der Waals surface area contributed by atoms with Crippen molar-refractivity contribution in [1.82, 2.24) is 0 Å². The fourth-order valence-corrected chi connectivity index (χ4v) is 2.74. The van der Waals surface area contributed by atoms with Crippen LogP contribution in [-0.2, 0) is 8.99 Å². The molecule has 0 unspecified atom stereocenters. The average Bonchev–Trinajstić information content (AvgIpc) is 2.71. The maximum Gasteiger partial charge on any atom is 0.298 e. The van der Waals surface area contributed by atoms with E-state index in [1.165, 1.54) is 48.5 Å². The van der Waals surface area contributed by atoms with Gasteiger partial charge in [-0.2, -0.15) is 8.78 Å². The van der Waals surface area contributed by atoms with Crippen molar-refractivity contribution in [2.24, 2.45) is 0 Å². The Labute approximate surface area is 180 Å². The topological polar surface area (TPSA) is 68.2 Å². The molecular weight excluding hydrogens is 509 g/mol. The van der Waals surface area contributed by atoms with E-state index in [2.05, 4.69) is 0 Å². The summed E-state index contributed by atoms with van der Waals surface area (Å²) >= 11 is 7.14. The highest BCUT2D eigenvalue weighted by Crippen LogP contribution is 2.37. The van der Waals surface area contributed by atoms with E-state index in [1.54, 1.807) is 23.0 Å². The van der Waals surface area contributed by atoms with Gasteiger partial charge in [-0.25, -0.2) is 0 Å². The quantitative estimate of drug-likeness (QED) is 0.342. The molecule has 0 fully saturated rings. The van der Waals surface area contributed by atoms with Gasteiger partial charge < -0.3 is 22.8 Å². The van der Waals surface area contributed by atoms with Crippen LogP contribution >= 0.6 is 34.6 Å². The molecule has 0 saturated carbocycles. The summed E-state index contributed by atoms with van der Waals surface area (Å²) in [5, 5.41) is 18.9. The lowest BCUT2D eigenvalue weighted by Crippen LogP contribution is -2.21. The molecule has 0 radical (unpaired) electrons. The highest BCUT2D eigenvalue weighted by molar-refractivity contribution is 14.1. The lowest BCUT2D eigenvalue weighted by molar-refractivity contribution is 0.0425. The smallest absolute Gasteiger partial charge is 0.298 e. The number of hydrogen-bond acceptors (Lipinski definition) is 5. The molecule has 0 aromatic heterocycles. The Hall–Kier alpha value is -1.20. The number of ether oxygens (including phenoxy) is 2. The van der Waals surface area contributed by atoms with Gasteiger partial charge in [-0.3, -0.25) is 0 Å². The summed E-state index contributed by atoms with van der Waals surface area (Å²) in [7, 11) is 0. The largest absolute Gasteiger partial charge is 0.491 e. The highest BCUT2D eigenvalue weighted by atomic mass is 127. The van der Waals surface area contributed by atoms with Crippen molar-refractivity contribution in [3.63, 3.8) is 0 Å². The Balaban J connectivity index is 2.01. The fourth-order valence-electron chi connectivity index (χ4n) is 2.24. The standard InChI is InChI=1S/C19H20ClF2IO5/c20-9-15(24)10-26-17-5-1-13(2-6-17)19(21,22)14-3-7-18(8-4-14)27-11-16(25)12-28-23/h1-8,15-16,24-25H,9-12H2/t15-,16+/m0/s1. The van der Waals surface area contributed by atoms with E-state index >= 15 is 0 Å². The van der Waals surface area contributed by atoms with Crippen molar-refractivity contribution in [2.75, 3.05) is 25.7 Å². The van der Waals surface area contributed by atoms with Crippen molar-refractivity contribution in [1.29, 1.82) is 0 Å². The third kappa shape index (κ3) is 6.70. The summed E-state index contributed by atoms with van der Waals surface area (Å²) in [6, 6.07) is 10.8. The molecule has 2 aromatic rings. The normalized spacial score (nSPS) is 13.8. The zero-order valence-electron chi connectivity index (χ0n) is 14.7. The van der Waals surface area contributed by atoms with Crippen LogP contribution < -0.4 is 9.47 Å². The molecule has 2 N–H and O–H groups in total. The van der Waals surface area contributed by atoms with E-state index in [0.717, 1.165) is 0 Å². The first kappa shape index (κ1) is 23.1. The predicted molar refractivity (Wildman–Crippen MR) is 110 cm³/mol. The zero-order valence-corrected chi connectivity index (χ0v) is 17.6. The number of halogens is 4. The summed E-state index contributed by atoms with van der Waals surface area (Å²) in [4.78, 5) is 0. The lowest BCUT2D eigenvalue weighted by Gasteiger charge is -2.18. The molecule has 0 spiro atoms. The summed E-state index contributed by atoms with van der Waals surface area (Å²) in [6.07, 6.45) is -1.62. The molecule has 154 valence electrons. The van der Waals surface area contributed by atoms with Crippen LogP contribution in [0.1, 0.15) is 11.1 Å². The molecule has 2 rings (SSSR count). The first-order chi connectivity index (χ1) is 13.4. The first-order valence-electron chi connectivity index (χ1n) is 8.37. The Morgan fingerprint density at radius 2 is 1.25 bits per heavy atom. The number of aliphatic hydroxyl groups is 2. The van der Waals surface area contributed by atoms with Gasteiger partial charge in [-0.1, -0.05) is 0 Å². The van der Waals surface area contributed by atoms with E-state index in [-0.39, 0.29) is 36.8 Å². The van der Waals surface area contributed by atoms with Crippen LogP contribution in [0.3, 0.4) is 0 Å². The van der Waals surface area contributed by atoms with Gasteiger partial charge in [0.2, 0.25) is 0 Å². The second-order valence-electron chi connectivity index (χ2n) is 5.98. The monoisotopic (exact) mass is 528 g/mol. The van der Waals surface area contributed by atoms with Gasteiger partial charge in [0.25, 0.3) is 5.92 Å². The molecule has 0 saturated heterocycles. The van der Waals surface area contributed by atoms with Gasteiger partial charge >= 0.3 is 0 Å². The Kier molecular flexibility index (Phi) is 9.16. The SMILES string of the molecule is O[C@@H](CCl)COc1ccc(C(F)(F)c2ccc(OC[C@@H](O)COI)cc2)cc1. The minimum Gasteiger partial charge on any atom is -0.491 e. The van der Waals surface area contributed by atoms with Gasteiger partial charge in [-0.05, 0) is 48.5 Å². The van der Waals surface area contributed by atoms with E-state index < -0.39 is 18.1 Å². The first-order valence-corrected chi connectivity index (χ1v) is 9.78. The van der Waals surface area contributed by atoms with E-state index in [4.69, 9.17) is 24.1 Å². The molecule has 5 nitrogen and oxygen atoms in total. The summed E-state index contributed by atoms with van der Waals surface area (Å²) < 4.78 is 44.9. The minimum absolute atomic E-state index is 0.00137. The van der Waals surface area contributed by atoms with Crippen LogP contribution in [0.5, 0.6) is 11.5 Å². The van der Waals surface area contributed by atoms with Crippen LogP contribution in [0.15, 0.2) is 48.5 Å². The van der Waals surface area contributed by atoms with Gasteiger partial charge in [-0.15, -0.1) is 11.6 Å². The molecule has 9 heteroatoms. The van der Waals surface area contributed by atoms with Crippen LogP contribution in [0.25, 0.3) is 0 Å². The van der Waals surface area contributed by atoms with Crippen molar-refractivity contribution in [3.8, 4) is 11.5 Å². The van der Waals surface area contributed by atoms with Gasteiger partial charge in [0.1, 0.15) is 59.9 Å². The molecule has 0 heterocycles. The zero-order chi connectivity index (χ0) is 20.6. The molecule has 0 aliphatic carbocycles. The van der Waals surface area contributed by atoms with Crippen molar-refractivity contribution < 1.29 is 31.5 Å². The molecule has 2 atom stereocenters. The van der Waals surface area contributed by atoms with Crippen LogP contribution in [0, 0.1) is 0 Å². The maximum absolute atomic E-state index is 14.7. The molecule has 0 aliphatic rings. The molecule has 2 aromatic carbocycles. The molecule has 0 amide bonds. The van der Waals surface area contributed by atoms with Crippen molar-refractivity contribution in [2.45, 2.75) is 18.1 Å². The second kappa shape index (κ2) is 11.1. The van der Waals surface area contributed by atoms with Crippen molar-refractivity contribution >= 4 is 34.6 Å². The lowest BCUT2D eigenvalue weighted by atomic mass is 10.0. The molecule has 28 heavy (non-hydrogen) atoms. The minimum atomic E-state index is -3.21. The number of alkyl halides is 3. The molecule has 0 bridgehead atoms. The Bertz CT molecular complexity index is 715. The number of benzene rings is 2. The van der Waals surface area contributed by atoms with E-state index in [9.17, 15) is 19.0 Å². The summed E-state index contributed by atoms with van der Waals surface area (Å²) in [6.45, 7) is 0.0965. The van der Waals surface area contributed by atoms with Gasteiger partial charge in [0.15, 0.2) is 0 Å². The van der Waals surface area contributed by atoms with Gasteiger partial charge in [0.05, 0.1) is 12.5 Å². The van der Waals surface area contributed by atoms with Crippen LogP contribution in [0.4, 0.5) is 8.78 Å². The number of rotatable bonds is 11. The molecule has 0 aliphatic heterocycles. The van der Waals surface area contributed by atoms with Gasteiger partial charge in [0, 0.05) is 11.1 Å². The van der Waals surface area contributed by atoms with Crippen LogP contribution in [0.2, 0.25) is 0 Å². The number of hydrogen-bond donors (Lipinski definition) is 2. The Morgan fingerprint density at radius 3 is 1.64 bits per heavy atom. The third-order valence-electron chi connectivity index (χ3n) is 3.75. The Morgan fingerprint density at radius 1 is 0.821 bits per heavy atom. The average molecular weight is 529 g/mol. The highest BCUT2D eigenvalue weighted by Gasteiger charge is 2.33. The summed E-state index contributed by atoms with van der Waals surface area (Å²) in [5.41, 5.74) is -0.386. The van der Waals surface area contributed by atoms with Crippen molar-refractivity contribution in [3.05, 3.63) is 59.7 Å². The predicted octanol–water partition coefficient (Wildman–Crippen LogP) is 3.91. The second-order valence-corrected chi connectivity index (χ2v) is 6.91. The fraction of sp³-hybridized carbons (Fsp3) is 0.368. The maximum atomic E-state index is 14.7. The third-order valence-corrected chi connectivity index (χ3v) is 4.47.